The van der Waals surface area contributed by atoms with Crippen molar-refractivity contribution in [3.63, 3.8) is 0 Å². The lowest BCUT2D eigenvalue weighted by Gasteiger charge is -2.31. The van der Waals surface area contributed by atoms with Crippen LogP contribution >= 0.6 is 0 Å². The van der Waals surface area contributed by atoms with Gasteiger partial charge < -0.3 is 10.2 Å². The van der Waals surface area contributed by atoms with Gasteiger partial charge in [0.05, 0.1) is 0 Å². The molecule has 0 radical (unpaired) electrons. The fraction of sp³-hybridized carbons (Fsp3) is 0.800. The molecule has 1 N–H and O–H groups in total. The number of nitrogens with zero attached hydrogens (tertiary/aromatic N) is 1. The van der Waals surface area contributed by atoms with Gasteiger partial charge in [-0.05, 0) is 56.8 Å². The average molecular weight is 335 g/mol. The number of amides is 2. The molecular formula is C20H34N2O2. The number of allylic oxidation sites excluding steroid dienone is 1. The maximum atomic E-state index is 12.4. The largest absolute Gasteiger partial charge is 0.356 e. The van der Waals surface area contributed by atoms with E-state index >= 15 is 0 Å². The van der Waals surface area contributed by atoms with E-state index in [1.807, 2.05) is 18.7 Å². The Morgan fingerprint density at radius 3 is 2.50 bits per heavy atom. The zero-order valence-corrected chi connectivity index (χ0v) is 15.5. The minimum absolute atomic E-state index is 0.0721. The Hall–Kier alpha value is -1.32. The quantitative estimate of drug-likeness (QED) is 0.720. The fourth-order valence-electron chi connectivity index (χ4n) is 3.72. The number of likely N-dealkylation sites (tertiary alicyclic amines) is 1. The van der Waals surface area contributed by atoms with Gasteiger partial charge in [0.1, 0.15) is 0 Å². The average Bonchev–Trinajstić information content (AvgIpc) is 2.55. The van der Waals surface area contributed by atoms with Gasteiger partial charge in [0.2, 0.25) is 11.8 Å². The molecule has 136 valence electrons. The highest BCUT2D eigenvalue weighted by molar-refractivity contribution is 5.80. The molecule has 24 heavy (non-hydrogen) atoms. The van der Waals surface area contributed by atoms with Crippen molar-refractivity contribution in [2.45, 2.75) is 78.1 Å². The van der Waals surface area contributed by atoms with E-state index in [2.05, 4.69) is 11.4 Å². The number of hydrogen-bond donors (Lipinski definition) is 1. The third-order valence-corrected chi connectivity index (χ3v) is 5.13. The summed E-state index contributed by atoms with van der Waals surface area (Å²) < 4.78 is 0. The van der Waals surface area contributed by atoms with Gasteiger partial charge in [-0.3, -0.25) is 9.59 Å². The van der Waals surface area contributed by atoms with E-state index in [4.69, 9.17) is 0 Å². The first kappa shape index (κ1) is 19.0. The summed E-state index contributed by atoms with van der Waals surface area (Å²) in [4.78, 5) is 26.6. The normalized spacial score (nSPS) is 18.9. The topological polar surface area (TPSA) is 49.4 Å². The van der Waals surface area contributed by atoms with E-state index in [1.165, 1.54) is 37.7 Å². The van der Waals surface area contributed by atoms with Crippen molar-refractivity contribution in [1.29, 1.82) is 0 Å². The Kier molecular flexibility index (Phi) is 7.32. The number of hydrogen-bond acceptors (Lipinski definition) is 2. The monoisotopic (exact) mass is 334 g/mol. The van der Waals surface area contributed by atoms with Crippen molar-refractivity contribution >= 4 is 11.8 Å². The highest BCUT2D eigenvalue weighted by Crippen LogP contribution is 2.27. The van der Waals surface area contributed by atoms with Crippen LogP contribution in [0.25, 0.3) is 0 Å². The number of carbonyl (C=O) groups is 2. The summed E-state index contributed by atoms with van der Waals surface area (Å²) in [6.07, 6.45) is 12.6. The number of piperidine rings is 1. The second-order valence-corrected chi connectivity index (χ2v) is 8.17. The van der Waals surface area contributed by atoms with Gasteiger partial charge in [0.15, 0.2) is 0 Å². The van der Waals surface area contributed by atoms with Crippen molar-refractivity contribution in [3.05, 3.63) is 11.6 Å². The van der Waals surface area contributed by atoms with Gasteiger partial charge in [-0.1, -0.05) is 25.5 Å². The van der Waals surface area contributed by atoms with Crippen LogP contribution in [0.4, 0.5) is 0 Å². The van der Waals surface area contributed by atoms with E-state index < -0.39 is 0 Å². The zero-order chi connectivity index (χ0) is 17.4. The Morgan fingerprint density at radius 2 is 1.83 bits per heavy atom. The molecule has 0 saturated carbocycles. The predicted octanol–water partition coefficient (Wildman–Crippen LogP) is 3.81. The molecule has 1 aliphatic heterocycles. The van der Waals surface area contributed by atoms with Gasteiger partial charge in [0.25, 0.3) is 0 Å². The van der Waals surface area contributed by atoms with Crippen LogP contribution in [0.15, 0.2) is 11.6 Å². The molecule has 0 aromatic heterocycles. The molecule has 0 aromatic rings. The Bertz CT molecular complexity index is 462. The molecule has 0 unspecified atom stereocenters. The molecule has 4 nitrogen and oxygen atoms in total. The van der Waals surface area contributed by atoms with E-state index in [-0.39, 0.29) is 17.2 Å². The van der Waals surface area contributed by atoms with E-state index in [9.17, 15) is 9.59 Å². The van der Waals surface area contributed by atoms with Crippen LogP contribution in [0, 0.1) is 5.41 Å². The predicted molar refractivity (Wildman–Crippen MR) is 97.6 cm³/mol. The first-order chi connectivity index (χ1) is 11.5. The number of rotatable bonds is 7. The maximum absolute atomic E-state index is 12.4. The maximum Gasteiger partial charge on any atom is 0.223 e. The third kappa shape index (κ3) is 6.66. The van der Waals surface area contributed by atoms with Crippen LogP contribution in [0.5, 0.6) is 0 Å². The zero-order valence-electron chi connectivity index (χ0n) is 15.5. The first-order valence-electron chi connectivity index (χ1n) is 9.69. The van der Waals surface area contributed by atoms with Crippen LogP contribution in [-0.4, -0.2) is 36.3 Å². The van der Waals surface area contributed by atoms with Crippen molar-refractivity contribution in [2.75, 3.05) is 19.6 Å². The minimum Gasteiger partial charge on any atom is -0.356 e. The van der Waals surface area contributed by atoms with E-state index in [0.717, 1.165) is 38.9 Å². The molecule has 2 aliphatic rings. The molecule has 4 heteroatoms. The molecule has 1 heterocycles. The second kappa shape index (κ2) is 9.24. The molecule has 0 atom stereocenters. The Labute approximate surface area is 147 Å². The lowest BCUT2D eigenvalue weighted by Crippen LogP contribution is -2.39. The standard InChI is InChI=1S/C20H34N2O2/c1-20(2,16-19(24)22-13-7-4-8-14-22)15-18(23)21-12-11-17-9-5-3-6-10-17/h9H,3-8,10-16H2,1-2H3,(H,21,23). The Balaban J connectivity index is 1.68. The summed E-state index contributed by atoms with van der Waals surface area (Å²) >= 11 is 0. The minimum atomic E-state index is -0.275. The highest BCUT2D eigenvalue weighted by Gasteiger charge is 2.28. The molecule has 1 saturated heterocycles. The van der Waals surface area contributed by atoms with Crippen LogP contribution < -0.4 is 5.32 Å². The van der Waals surface area contributed by atoms with E-state index in [0.29, 0.717) is 12.8 Å². The summed E-state index contributed by atoms with van der Waals surface area (Å²) in [5.41, 5.74) is 1.21. The van der Waals surface area contributed by atoms with Crippen molar-refractivity contribution in [1.82, 2.24) is 10.2 Å². The van der Waals surface area contributed by atoms with Gasteiger partial charge >= 0.3 is 0 Å². The van der Waals surface area contributed by atoms with Gasteiger partial charge in [-0.2, -0.15) is 0 Å². The number of nitrogens with one attached hydrogen (secondary N) is 1. The van der Waals surface area contributed by atoms with Crippen LogP contribution in [-0.2, 0) is 9.59 Å². The van der Waals surface area contributed by atoms with Crippen molar-refractivity contribution < 1.29 is 9.59 Å². The van der Waals surface area contributed by atoms with Gasteiger partial charge in [-0.15, -0.1) is 0 Å². The smallest absolute Gasteiger partial charge is 0.223 e. The molecule has 1 fully saturated rings. The lowest BCUT2D eigenvalue weighted by molar-refractivity contribution is -0.134. The SMILES string of the molecule is CC(C)(CC(=O)NCCC1=CCCCC1)CC(=O)N1CCCCC1. The highest BCUT2D eigenvalue weighted by atomic mass is 16.2. The molecule has 2 rings (SSSR count). The summed E-state index contributed by atoms with van der Waals surface area (Å²) in [7, 11) is 0. The molecule has 0 aromatic carbocycles. The molecular weight excluding hydrogens is 300 g/mol. The number of carbonyl (C=O) groups excluding carboxylic acids is 2. The third-order valence-electron chi connectivity index (χ3n) is 5.13. The lowest BCUT2D eigenvalue weighted by atomic mass is 9.84. The van der Waals surface area contributed by atoms with Gasteiger partial charge in [0, 0.05) is 32.5 Å². The first-order valence-corrected chi connectivity index (χ1v) is 9.69. The summed E-state index contributed by atoms with van der Waals surface area (Å²) in [5.74, 6) is 0.280. The van der Waals surface area contributed by atoms with Crippen LogP contribution in [0.1, 0.15) is 78.1 Å². The fourth-order valence-corrected chi connectivity index (χ4v) is 3.72. The van der Waals surface area contributed by atoms with Gasteiger partial charge in [-0.25, -0.2) is 0 Å². The molecule has 0 spiro atoms. The molecule has 0 bridgehead atoms. The summed E-state index contributed by atoms with van der Waals surface area (Å²) in [6, 6.07) is 0. The van der Waals surface area contributed by atoms with Crippen LogP contribution in [0.2, 0.25) is 0 Å². The summed E-state index contributed by atoms with van der Waals surface area (Å²) in [6.45, 7) is 6.55. The second-order valence-electron chi connectivity index (χ2n) is 8.17. The summed E-state index contributed by atoms with van der Waals surface area (Å²) in [5, 5.41) is 3.03. The van der Waals surface area contributed by atoms with Crippen LogP contribution in [0.3, 0.4) is 0 Å². The van der Waals surface area contributed by atoms with Crippen molar-refractivity contribution in [2.24, 2.45) is 5.41 Å². The molecule has 2 amide bonds. The Morgan fingerprint density at radius 1 is 1.08 bits per heavy atom. The molecule has 1 aliphatic carbocycles. The van der Waals surface area contributed by atoms with Crippen molar-refractivity contribution in [3.8, 4) is 0 Å². The van der Waals surface area contributed by atoms with E-state index in [1.54, 1.807) is 0 Å².